The molecule has 0 N–H and O–H groups in total. The second-order valence-corrected chi connectivity index (χ2v) is 9.12. The van der Waals surface area contributed by atoms with Gasteiger partial charge in [-0.05, 0) is 12.1 Å². The molecule has 2 aliphatic rings. The molecule has 6 nitrogen and oxygen atoms in total. The summed E-state index contributed by atoms with van der Waals surface area (Å²) in [5.41, 5.74) is 0.297. The van der Waals surface area contributed by atoms with Crippen LogP contribution in [0.5, 0.6) is 0 Å². The molecule has 9 heteroatoms. The third-order valence-electron chi connectivity index (χ3n) is 4.04. The van der Waals surface area contributed by atoms with E-state index in [-0.39, 0.29) is 23.2 Å². The van der Waals surface area contributed by atoms with Crippen LogP contribution < -0.4 is 4.90 Å². The maximum absolute atomic E-state index is 14.3. The van der Waals surface area contributed by atoms with Gasteiger partial charge in [-0.15, -0.1) is 0 Å². The van der Waals surface area contributed by atoms with Crippen molar-refractivity contribution in [3.63, 3.8) is 0 Å². The second-order valence-electron chi connectivity index (χ2n) is 6.02. The van der Waals surface area contributed by atoms with Crippen molar-refractivity contribution >= 4 is 38.4 Å². The number of benzene rings is 1. The largest absolute Gasteiger partial charge is 0.348 e. The molecule has 1 saturated heterocycles. The first kappa shape index (κ1) is 17.2. The van der Waals surface area contributed by atoms with E-state index in [9.17, 15) is 17.6 Å². The third-order valence-corrected chi connectivity index (χ3v) is 6.69. The van der Waals surface area contributed by atoms with Crippen molar-refractivity contribution in [2.24, 2.45) is 4.99 Å². The topological polar surface area (TPSA) is 70.0 Å². The summed E-state index contributed by atoms with van der Waals surface area (Å²) in [6.07, 6.45) is 0. The molecule has 1 aromatic carbocycles. The fourth-order valence-electron chi connectivity index (χ4n) is 2.82. The van der Waals surface area contributed by atoms with Gasteiger partial charge in [0.15, 0.2) is 15.0 Å². The first-order valence-corrected chi connectivity index (χ1v) is 10.2. The highest BCUT2D eigenvalue weighted by Gasteiger charge is 2.47. The van der Waals surface area contributed by atoms with Crippen molar-refractivity contribution in [1.82, 2.24) is 4.90 Å². The van der Waals surface area contributed by atoms with Crippen LogP contribution in [0.15, 0.2) is 29.3 Å². The van der Waals surface area contributed by atoms with Crippen LogP contribution >= 0.6 is 11.8 Å². The lowest BCUT2D eigenvalue weighted by Gasteiger charge is -2.26. The van der Waals surface area contributed by atoms with Crippen molar-refractivity contribution in [2.45, 2.75) is 12.1 Å². The quantitative estimate of drug-likeness (QED) is 0.793. The maximum atomic E-state index is 14.3. The van der Waals surface area contributed by atoms with E-state index < -0.39 is 27.7 Å². The fourth-order valence-corrected chi connectivity index (χ4v) is 5.76. The molecule has 1 fully saturated rings. The summed E-state index contributed by atoms with van der Waals surface area (Å²) in [6, 6.07) is 5.39. The smallest absolute Gasteiger partial charge is 0.232 e. The summed E-state index contributed by atoms with van der Waals surface area (Å²) in [5, 5.41) is 0.500. The number of rotatable bonds is 3. The summed E-state index contributed by atoms with van der Waals surface area (Å²) < 4.78 is 38.1. The molecule has 0 aliphatic carbocycles. The van der Waals surface area contributed by atoms with Gasteiger partial charge in [-0.25, -0.2) is 12.8 Å². The molecule has 3 rings (SSSR count). The van der Waals surface area contributed by atoms with E-state index in [1.165, 1.54) is 22.7 Å². The molecule has 130 valence electrons. The number of thioether (sulfide) groups is 1. The number of hydrogen-bond acceptors (Lipinski definition) is 6. The summed E-state index contributed by atoms with van der Waals surface area (Å²) in [4.78, 5) is 19.4. The van der Waals surface area contributed by atoms with Gasteiger partial charge in [0.2, 0.25) is 5.91 Å². The zero-order chi connectivity index (χ0) is 17.5. The molecule has 2 atom stereocenters. The van der Waals surface area contributed by atoms with Crippen LogP contribution in [-0.4, -0.2) is 67.8 Å². The lowest BCUT2D eigenvalue weighted by Crippen LogP contribution is -2.40. The number of sulfone groups is 1. The first-order chi connectivity index (χ1) is 11.3. The number of carbonyl (C=O) groups is 1. The standard InChI is InChI=1S/C15H18FN3O3S2/c1-18(2)14(20)7-23-15-17-11-8-24(21,22)9-13(11)19(15)12-6-4-3-5-10(12)16/h3-6,11,13H,7-9H2,1-2H3/t11-,13-/m0/s1. The Morgan fingerprint density at radius 3 is 2.75 bits per heavy atom. The highest BCUT2D eigenvalue weighted by Crippen LogP contribution is 2.36. The number of aliphatic imine (C=N–C) groups is 1. The third kappa shape index (κ3) is 3.27. The van der Waals surface area contributed by atoms with E-state index >= 15 is 0 Å². The SMILES string of the molecule is CN(C)C(=O)CSC1=N[C@H]2CS(=O)(=O)C[C@@H]2N1c1ccccc1F. The molecular formula is C15H18FN3O3S2. The monoisotopic (exact) mass is 371 g/mol. The van der Waals surface area contributed by atoms with Crippen LogP contribution in [0.4, 0.5) is 10.1 Å². The molecule has 2 aliphatic heterocycles. The Balaban J connectivity index is 1.91. The van der Waals surface area contributed by atoms with E-state index in [4.69, 9.17) is 0 Å². The predicted molar refractivity (Wildman–Crippen MR) is 93.7 cm³/mol. The van der Waals surface area contributed by atoms with Crippen LogP contribution in [0.25, 0.3) is 0 Å². The molecule has 1 amide bonds. The summed E-state index contributed by atoms with van der Waals surface area (Å²) in [6.45, 7) is 0. The molecule has 1 aromatic rings. The molecular weight excluding hydrogens is 353 g/mol. The molecule has 24 heavy (non-hydrogen) atoms. The number of amides is 1. The minimum Gasteiger partial charge on any atom is -0.348 e. The first-order valence-electron chi connectivity index (χ1n) is 7.43. The molecule has 0 saturated carbocycles. The number of para-hydroxylation sites is 1. The van der Waals surface area contributed by atoms with Gasteiger partial charge in [-0.2, -0.15) is 0 Å². The lowest BCUT2D eigenvalue weighted by molar-refractivity contribution is -0.125. The molecule has 0 aromatic heterocycles. The minimum atomic E-state index is -3.18. The molecule has 0 unspecified atom stereocenters. The minimum absolute atomic E-state index is 0.0334. The predicted octanol–water partition coefficient (Wildman–Crippen LogP) is 0.989. The zero-order valence-corrected chi connectivity index (χ0v) is 15.0. The summed E-state index contributed by atoms with van der Waals surface area (Å²) >= 11 is 1.21. The van der Waals surface area contributed by atoms with Crippen molar-refractivity contribution in [1.29, 1.82) is 0 Å². The molecule has 0 spiro atoms. The van der Waals surface area contributed by atoms with E-state index in [1.807, 2.05) is 0 Å². The summed E-state index contributed by atoms with van der Waals surface area (Å²) in [5.74, 6) is -0.436. The van der Waals surface area contributed by atoms with Crippen LogP contribution in [0.1, 0.15) is 0 Å². The Morgan fingerprint density at radius 1 is 1.38 bits per heavy atom. The van der Waals surface area contributed by atoms with E-state index in [1.54, 1.807) is 37.2 Å². The second kappa shape index (κ2) is 6.36. The van der Waals surface area contributed by atoms with E-state index in [0.29, 0.717) is 10.9 Å². The van der Waals surface area contributed by atoms with E-state index in [0.717, 1.165) is 0 Å². The normalized spacial score (nSPS) is 24.6. The van der Waals surface area contributed by atoms with Gasteiger partial charge in [0.25, 0.3) is 0 Å². The van der Waals surface area contributed by atoms with Gasteiger partial charge in [0.05, 0.1) is 35.0 Å². The average Bonchev–Trinajstić information content (AvgIpc) is 2.96. The number of nitrogens with zero attached hydrogens (tertiary/aromatic N) is 3. The highest BCUT2D eigenvalue weighted by molar-refractivity contribution is 8.14. The van der Waals surface area contributed by atoms with Gasteiger partial charge in [-0.1, -0.05) is 23.9 Å². The Hall–Kier alpha value is -1.61. The van der Waals surface area contributed by atoms with Crippen molar-refractivity contribution in [3.05, 3.63) is 30.1 Å². The van der Waals surface area contributed by atoms with Gasteiger partial charge in [0, 0.05) is 14.1 Å². The van der Waals surface area contributed by atoms with Crippen LogP contribution in [0, 0.1) is 5.82 Å². The van der Waals surface area contributed by atoms with Gasteiger partial charge >= 0.3 is 0 Å². The van der Waals surface area contributed by atoms with Crippen LogP contribution in [0.3, 0.4) is 0 Å². The fraction of sp³-hybridized carbons (Fsp3) is 0.467. The van der Waals surface area contributed by atoms with Gasteiger partial charge in [-0.3, -0.25) is 9.79 Å². The van der Waals surface area contributed by atoms with E-state index in [2.05, 4.69) is 4.99 Å². The lowest BCUT2D eigenvalue weighted by atomic mass is 10.1. The van der Waals surface area contributed by atoms with Crippen molar-refractivity contribution in [3.8, 4) is 0 Å². The van der Waals surface area contributed by atoms with Gasteiger partial charge in [0.1, 0.15) is 5.82 Å². The number of hydrogen-bond donors (Lipinski definition) is 0. The maximum Gasteiger partial charge on any atom is 0.232 e. The Bertz CT molecular complexity index is 795. The summed E-state index contributed by atoms with van der Waals surface area (Å²) in [7, 11) is 0.141. The Morgan fingerprint density at radius 2 is 2.08 bits per heavy atom. The highest BCUT2D eigenvalue weighted by atomic mass is 32.2. The van der Waals surface area contributed by atoms with Gasteiger partial charge < -0.3 is 9.80 Å². The molecule has 0 bridgehead atoms. The van der Waals surface area contributed by atoms with Crippen molar-refractivity contribution < 1.29 is 17.6 Å². The Kier molecular flexibility index (Phi) is 4.56. The molecule has 2 heterocycles. The van der Waals surface area contributed by atoms with Crippen LogP contribution in [-0.2, 0) is 14.6 Å². The number of halogens is 1. The van der Waals surface area contributed by atoms with Crippen LogP contribution in [0.2, 0.25) is 0 Å². The van der Waals surface area contributed by atoms with Crippen molar-refractivity contribution in [2.75, 3.05) is 36.3 Å². The average molecular weight is 371 g/mol. The zero-order valence-electron chi connectivity index (χ0n) is 13.3. The Labute approximate surface area is 144 Å². The number of anilines is 1. The number of carbonyl (C=O) groups excluding carboxylic acids is 1. The number of amidine groups is 1. The molecule has 0 radical (unpaired) electrons. The number of fused-ring (bicyclic) bond motifs is 1.